The maximum Gasteiger partial charge on any atom is 0.221 e. The van der Waals surface area contributed by atoms with Crippen molar-refractivity contribution < 1.29 is 0 Å². The number of aromatic nitrogens is 3. The summed E-state index contributed by atoms with van der Waals surface area (Å²) in [6, 6.07) is 6.41. The number of fused-ring (bicyclic) bond motifs is 1. The molecular weight excluding hydrogens is 252 g/mol. The van der Waals surface area contributed by atoms with Gasteiger partial charge in [-0.1, -0.05) is 12.1 Å². The maximum absolute atomic E-state index is 6.02. The number of benzene rings is 1. The van der Waals surface area contributed by atoms with E-state index in [1.807, 2.05) is 17.7 Å². The minimum Gasteiger partial charge on any atom is -0.399 e. The van der Waals surface area contributed by atoms with Crippen molar-refractivity contribution in [2.45, 2.75) is 25.8 Å². The van der Waals surface area contributed by atoms with Gasteiger partial charge in [-0.3, -0.25) is 0 Å². The van der Waals surface area contributed by atoms with Crippen LogP contribution in [0.25, 0.3) is 0 Å². The molecule has 0 saturated carbocycles. The molecular formula is C14H20N6. The molecule has 1 aromatic carbocycles. The monoisotopic (exact) mass is 272 g/mol. The topological polar surface area (TPSA) is 94.8 Å². The van der Waals surface area contributed by atoms with Crippen LogP contribution in [0.1, 0.15) is 29.4 Å². The van der Waals surface area contributed by atoms with E-state index in [-0.39, 0.29) is 6.04 Å². The molecule has 20 heavy (non-hydrogen) atoms. The molecule has 0 fully saturated rings. The summed E-state index contributed by atoms with van der Waals surface area (Å²) in [5.41, 5.74) is 14.7. The average molecular weight is 272 g/mol. The van der Waals surface area contributed by atoms with E-state index in [1.165, 1.54) is 5.56 Å². The van der Waals surface area contributed by atoms with Crippen molar-refractivity contribution in [2.24, 2.45) is 5.73 Å². The highest BCUT2D eigenvalue weighted by Gasteiger charge is 2.24. The minimum atomic E-state index is 0.188. The Kier molecular flexibility index (Phi) is 3.31. The summed E-state index contributed by atoms with van der Waals surface area (Å²) >= 11 is 0. The number of rotatable bonds is 3. The largest absolute Gasteiger partial charge is 0.399 e. The summed E-state index contributed by atoms with van der Waals surface area (Å²) in [6.45, 7) is 3.46. The van der Waals surface area contributed by atoms with Crippen molar-refractivity contribution in [1.29, 1.82) is 0 Å². The molecule has 6 nitrogen and oxygen atoms in total. The lowest BCUT2D eigenvalue weighted by Crippen LogP contribution is -2.24. The van der Waals surface area contributed by atoms with Gasteiger partial charge in [0, 0.05) is 18.7 Å². The Labute approximate surface area is 118 Å². The standard InChI is InChI=1S/C14H20N6/c1-9-2-3-10(8-11(9)16)12-5-7-17-14-18-13(4-6-15)19-20(12)14/h2-3,8,12H,4-7,15-16H2,1H3,(H,17,18,19). The van der Waals surface area contributed by atoms with Gasteiger partial charge in [0.25, 0.3) is 0 Å². The normalized spacial score (nSPS) is 17.6. The smallest absolute Gasteiger partial charge is 0.221 e. The van der Waals surface area contributed by atoms with Crippen LogP contribution in [0.5, 0.6) is 0 Å². The van der Waals surface area contributed by atoms with Crippen molar-refractivity contribution in [3.05, 3.63) is 35.2 Å². The van der Waals surface area contributed by atoms with Crippen molar-refractivity contribution in [3.8, 4) is 0 Å². The summed E-state index contributed by atoms with van der Waals surface area (Å²) in [5, 5.41) is 7.86. The molecule has 1 aromatic heterocycles. The molecule has 5 N–H and O–H groups in total. The predicted molar refractivity (Wildman–Crippen MR) is 79.6 cm³/mol. The summed E-state index contributed by atoms with van der Waals surface area (Å²) < 4.78 is 1.96. The third kappa shape index (κ3) is 2.22. The van der Waals surface area contributed by atoms with E-state index in [2.05, 4.69) is 27.5 Å². The Morgan fingerprint density at radius 1 is 1.45 bits per heavy atom. The van der Waals surface area contributed by atoms with E-state index >= 15 is 0 Å². The molecule has 1 unspecified atom stereocenters. The fourth-order valence-corrected chi connectivity index (χ4v) is 2.56. The molecule has 6 heteroatoms. The molecule has 2 heterocycles. The second-order valence-electron chi connectivity index (χ2n) is 5.18. The zero-order valence-corrected chi connectivity index (χ0v) is 11.6. The first-order valence-corrected chi connectivity index (χ1v) is 6.94. The molecule has 0 spiro atoms. The number of nitrogen functional groups attached to an aromatic ring is 1. The van der Waals surface area contributed by atoms with E-state index in [9.17, 15) is 0 Å². The van der Waals surface area contributed by atoms with Gasteiger partial charge in [-0.2, -0.15) is 10.1 Å². The molecule has 0 bridgehead atoms. The summed E-state index contributed by atoms with van der Waals surface area (Å²) in [7, 11) is 0. The highest BCUT2D eigenvalue weighted by molar-refractivity contribution is 5.49. The molecule has 0 saturated heterocycles. The molecule has 0 radical (unpaired) electrons. The van der Waals surface area contributed by atoms with Gasteiger partial charge in [0.05, 0.1) is 6.04 Å². The Bertz CT molecular complexity index is 618. The second kappa shape index (κ2) is 5.13. The minimum absolute atomic E-state index is 0.188. The van der Waals surface area contributed by atoms with Crippen molar-refractivity contribution in [2.75, 3.05) is 24.1 Å². The third-order valence-electron chi connectivity index (χ3n) is 3.73. The molecule has 0 aliphatic carbocycles. The zero-order chi connectivity index (χ0) is 14.1. The van der Waals surface area contributed by atoms with Gasteiger partial charge >= 0.3 is 0 Å². The van der Waals surface area contributed by atoms with Gasteiger partial charge in [0.15, 0.2) is 5.82 Å². The van der Waals surface area contributed by atoms with Gasteiger partial charge < -0.3 is 16.8 Å². The van der Waals surface area contributed by atoms with E-state index in [0.29, 0.717) is 13.0 Å². The zero-order valence-electron chi connectivity index (χ0n) is 11.6. The maximum atomic E-state index is 6.02. The molecule has 0 amide bonds. The van der Waals surface area contributed by atoms with Gasteiger partial charge in [-0.05, 0) is 37.1 Å². The highest BCUT2D eigenvalue weighted by Crippen LogP contribution is 2.30. The summed E-state index contributed by atoms with van der Waals surface area (Å²) in [5.74, 6) is 1.62. The number of hydrogen-bond donors (Lipinski definition) is 3. The second-order valence-corrected chi connectivity index (χ2v) is 5.18. The molecule has 2 aromatic rings. The van der Waals surface area contributed by atoms with E-state index in [0.717, 1.165) is 36.0 Å². The van der Waals surface area contributed by atoms with Gasteiger partial charge in [-0.25, -0.2) is 4.68 Å². The Balaban J connectivity index is 1.98. The quantitative estimate of drug-likeness (QED) is 0.727. The van der Waals surface area contributed by atoms with Gasteiger partial charge in [0.1, 0.15) is 0 Å². The van der Waals surface area contributed by atoms with Gasteiger partial charge in [0.2, 0.25) is 5.95 Å². The lowest BCUT2D eigenvalue weighted by molar-refractivity contribution is 0.477. The van der Waals surface area contributed by atoms with Crippen LogP contribution in [0.3, 0.4) is 0 Å². The lowest BCUT2D eigenvalue weighted by Gasteiger charge is -2.25. The average Bonchev–Trinajstić information content (AvgIpc) is 2.84. The van der Waals surface area contributed by atoms with Crippen LogP contribution >= 0.6 is 0 Å². The SMILES string of the molecule is Cc1ccc(C2CCNc3nc(CCN)nn32)cc1N. The first kappa shape index (κ1) is 12.9. The number of hydrogen-bond acceptors (Lipinski definition) is 5. The molecule has 1 aliphatic rings. The first-order chi connectivity index (χ1) is 9.69. The van der Waals surface area contributed by atoms with Crippen LogP contribution in [0.4, 0.5) is 11.6 Å². The van der Waals surface area contributed by atoms with Crippen molar-refractivity contribution >= 4 is 11.6 Å². The van der Waals surface area contributed by atoms with Crippen LogP contribution in [0.15, 0.2) is 18.2 Å². The van der Waals surface area contributed by atoms with Crippen LogP contribution in [-0.2, 0) is 6.42 Å². The van der Waals surface area contributed by atoms with Crippen LogP contribution in [0, 0.1) is 6.92 Å². The predicted octanol–water partition coefficient (Wildman–Crippen LogP) is 1.07. The Morgan fingerprint density at radius 2 is 2.30 bits per heavy atom. The number of nitrogens with zero attached hydrogens (tertiary/aromatic N) is 3. The number of nitrogens with one attached hydrogen (secondary N) is 1. The Morgan fingerprint density at radius 3 is 3.05 bits per heavy atom. The van der Waals surface area contributed by atoms with Crippen LogP contribution < -0.4 is 16.8 Å². The van der Waals surface area contributed by atoms with E-state index in [4.69, 9.17) is 11.5 Å². The van der Waals surface area contributed by atoms with E-state index < -0.39 is 0 Å². The lowest BCUT2D eigenvalue weighted by atomic mass is 10.0. The fraction of sp³-hybridized carbons (Fsp3) is 0.429. The summed E-state index contributed by atoms with van der Waals surface area (Å²) in [6.07, 6.45) is 1.67. The number of aryl methyl sites for hydroxylation is 1. The number of anilines is 2. The van der Waals surface area contributed by atoms with E-state index in [1.54, 1.807) is 0 Å². The Hall–Kier alpha value is -2.08. The van der Waals surface area contributed by atoms with Crippen LogP contribution in [0.2, 0.25) is 0 Å². The third-order valence-corrected chi connectivity index (χ3v) is 3.73. The van der Waals surface area contributed by atoms with Crippen LogP contribution in [-0.4, -0.2) is 27.9 Å². The summed E-state index contributed by atoms with van der Waals surface area (Å²) in [4.78, 5) is 4.49. The van der Waals surface area contributed by atoms with Crippen molar-refractivity contribution in [3.63, 3.8) is 0 Å². The first-order valence-electron chi connectivity index (χ1n) is 6.94. The van der Waals surface area contributed by atoms with Crippen molar-refractivity contribution in [1.82, 2.24) is 14.8 Å². The molecule has 3 rings (SSSR count). The van der Waals surface area contributed by atoms with Gasteiger partial charge in [-0.15, -0.1) is 0 Å². The number of nitrogens with two attached hydrogens (primary N) is 2. The molecule has 106 valence electrons. The highest BCUT2D eigenvalue weighted by atomic mass is 15.4. The molecule has 1 atom stereocenters. The molecule has 1 aliphatic heterocycles. The fourth-order valence-electron chi connectivity index (χ4n) is 2.56.